The van der Waals surface area contributed by atoms with Crippen LogP contribution >= 0.6 is 0 Å². The van der Waals surface area contributed by atoms with E-state index >= 15 is 0 Å². The minimum Gasteiger partial charge on any atom is -0.341 e. The maximum Gasteiger partial charge on any atom is 0.242 e. The molecule has 3 rings (SSSR count). The lowest BCUT2D eigenvalue weighted by molar-refractivity contribution is -0.133. The van der Waals surface area contributed by atoms with E-state index < -0.39 is 0 Å². The number of hydrogen-bond acceptors (Lipinski definition) is 2. The highest BCUT2D eigenvalue weighted by Gasteiger charge is 2.20. The number of carbonyl (C=O) groups is 1. The first-order valence-corrected chi connectivity index (χ1v) is 7.92. The van der Waals surface area contributed by atoms with Gasteiger partial charge in [-0.05, 0) is 37.8 Å². The number of fused-ring (bicyclic) bond motifs is 1. The Balaban J connectivity index is 1.86. The fraction of sp³-hybridized carbons (Fsp3) is 0.444. The summed E-state index contributed by atoms with van der Waals surface area (Å²) in [7, 11) is 0. The zero-order chi connectivity index (χ0) is 15.7. The van der Waals surface area contributed by atoms with E-state index in [9.17, 15) is 9.59 Å². The number of aryl methyl sites for hydroxylation is 1. The predicted molar refractivity (Wildman–Crippen MR) is 87.9 cm³/mol. The van der Waals surface area contributed by atoms with Crippen molar-refractivity contribution in [2.45, 2.75) is 33.2 Å². The molecule has 1 aromatic heterocycles. The maximum absolute atomic E-state index is 12.5. The van der Waals surface area contributed by atoms with Crippen molar-refractivity contribution in [3.05, 3.63) is 46.2 Å². The lowest BCUT2D eigenvalue weighted by atomic mass is 9.99. The Morgan fingerprint density at radius 1 is 1.23 bits per heavy atom. The van der Waals surface area contributed by atoms with E-state index in [1.807, 2.05) is 34.6 Å². The van der Waals surface area contributed by atoms with Crippen LogP contribution in [0.3, 0.4) is 0 Å². The van der Waals surface area contributed by atoms with Crippen LogP contribution in [-0.2, 0) is 11.3 Å². The van der Waals surface area contributed by atoms with Gasteiger partial charge in [0.15, 0.2) is 5.43 Å². The average Bonchev–Trinajstić information content (AvgIpc) is 2.51. The smallest absolute Gasteiger partial charge is 0.242 e. The minimum atomic E-state index is 0.00852. The Hall–Kier alpha value is -2.10. The molecule has 0 unspecified atom stereocenters. The Labute approximate surface area is 130 Å². The molecule has 0 spiro atoms. The van der Waals surface area contributed by atoms with Crippen molar-refractivity contribution in [1.29, 1.82) is 0 Å². The van der Waals surface area contributed by atoms with Crippen molar-refractivity contribution in [3.8, 4) is 0 Å². The van der Waals surface area contributed by atoms with Gasteiger partial charge >= 0.3 is 0 Å². The number of rotatable bonds is 2. The van der Waals surface area contributed by atoms with Crippen molar-refractivity contribution >= 4 is 16.8 Å². The number of piperidine rings is 1. The number of carbonyl (C=O) groups excluding carboxylic acids is 1. The number of nitrogens with zero attached hydrogens (tertiary/aromatic N) is 2. The van der Waals surface area contributed by atoms with Crippen LogP contribution in [0, 0.1) is 12.8 Å². The molecule has 0 bridgehead atoms. The molecule has 1 amide bonds. The molecule has 1 aromatic carbocycles. The van der Waals surface area contributed by atoms with Gasteiger partial charge in [0.2, 0.25) is 5.91 Å². The molecule has 2 aromatic rings. The molecule has 4 nitrogen and oxygen atoms in total. The van der Waals surface area contributed by atoms with E-state index in [4.69, 9.17) is 0 Å². The number of hydrogen-bond donors (Lipinski definition) is 0. The topological polar surface area (TPSA) is 42.3 Å². The number of likely N-dealkylation sites (tertiary alicyclic amines) is 1. The zero-order valence-electron chi connectivity index (χ0n) is 13.2. The van der Waals surface area contributed by atoms with E-state index in [-0.39, 0.29) is 11.3 Å². The molecule has 1 aliphatic heterocycles. The van der Waals surface area contributed by atoms with Crippen LogP contribution in [0.1, 0.15) is 25.3 Å². The van der Waals surface area contributed by atoms with E-state index in [2.05, 4.69) is 6.92 Å². The second-order valence-corrected chi connectivity index (χ2v) is 6.39. The monoisotopic (exact) mass is 298 g/mol. The number of amides is 1. The number of pyridine rings is 1. The predicted octanol–water partition coefficient (Wildman–Crippen LogP) is 2.57. The molecular weight excluding hydrogens is 276 g/mol. The van der Waals surface area contributed by atoms with Gasteiger partial charge in [0, 0.05) is 30.7 Å². The minimum absolute atomic E-state index is 0.00852. The normalized spacial score (nSPS) is 16.2. The van der Waals surface area contributed by atoms with Crippen LogP contribution < -0.4 is 5.43 Å². The van der Waals surface area contributed by atoms with Gasteiger partial charge in [0.1, 0.15) is 6.54 Å². The summed E-state index contributed by atoms with van der Waals surface area (Å²) in [5.41, 5.74) is 1.89. The van der Waals surface area contributed by atoms with E-state index in [0.717, 1.165) is 37.0 Å². The van der Waals surface area contributed by atoms with Crippen molar-refractivity contribution in [2.75, 3.05) is 13.1 Å². The van der Waals surface area contributed by atoms with Gasteiger partial charge in [-0.3, -0.25) is 9.59 Å². The Bertz CT molecular complexity index is 755. The number of benzene rings is 1. The summed E-state index contributed by atoms with van der Waals surface area (Å²) in [6, 6.07) is 7.34. The molecule has 1 saturated heterocycles. The summed E-state index contributed by atoms with van der Waals surface area (Å²) < 4.78 is 1.89. The third-order valence-corrected chi connectivity index (χ3v) is 4.57. The Morgan fingerprint density at radius 3 is 2.68 bits per heavy atom. The van der Waals surface area contributed by atoms with E-state index in [0.29, 0.717) is 17.8 Å². The van der Waals surface area contributed by atoms with Crippen molar-refractivity contribution < 1.29 is 4.79 Å². The molecule has 1 fully saturated rings. The molecule has 0 radical (unpaired) electrons. The third kappa shape index (κ3) is 2.91. The molecule has 1 aliphatic rings. The zero-order valence-corrected chi connectivity index (χ0v) is 13.2. The SMILES string of the molecule is Cc1ccc2c(c1)c(=O)ccn2CC(=O)N1CCC(C)CC1. The van der Waals surface area contributed by atoms with Crippen LogP contribution in [0.2, 0.25) is 0 Å². The highest BCUT2D eigenvalue weighted by molar-refractivity contribution is 5.82. The standard InChI is InChI=1S/C18H22N2O2/c1-13-5-8-19(9-6-13)18(22)12-20-10-7-17(21)15-11-14(2)3-4-16(15)20/h3-4,7,10-11,13H,5-6,8-9,12H2,1-2H3. The highest BCUT2D eigenvalue weighted by Crippen LogP contribution is 2.17. The lowest BCUT2D eigenvalue weighted by Crippen LogP contribution is -2.39. The fourth-order valence-corrected chi connectivity index (χ4v) is 3.07. The first kappa shape index (κ1) is 14.8. The van der Waals surface area contributed by atoms with Gasteiger partial charge in [0.05, 0.1) is 5.52 Å². The van der Waals surface area contributed by atoms with Crippen LogP contribution in [0.25, 0.3) is 10.9 Å². The van der Waals surface area contributed by atoms with Crippen LogP contribution in [-0.4, -0.2) is 28.5 Å². The molecule has 4 heteroatoms. The maximum atomic E-state index is 12.5. The average molecular weight is 298 g/mol. The summed E-state index contributed by atoms with van der Waals surface area (Å²) in [6.45, 7) is 6.19. The first-order chi connectivity index (χ1) is 10.5. The third-order valence-electron chi connectivity index (χ3n) is 4.57. The van der Waals surface area contributed by atoms with Gasteiger partial charge in [-0.25, -0.2) is 0 Å². The second kappa shape index (κ2) is 5.95. The molecule has 22 heavy (non-hydrogen) atoms. The largest absolute Gasteiger partial charge is 0.341 e. The Kier molecular flexibility index (Phi) is 4.01. The summed E-state index contributed by atoms with van der Waals surface area (Å²) >= 11 is 0. The molecule has 0 N–H and O–H groups in total. The molecule has 0 aliphatic carbocycles. The molecule has 0 atom stereocenters. The van der Waals surface area contributed by atoms with E-state index in [1.54, 1.807) is 12.3 Å². The van der Waals surface area contributed by atoms with Gasteiger partial charge in [0.25, 0.3) is 0 Å². The van der Waals surface area contributed by atoms with E-state index in [1.165, 1.54) is 0 Å². The van der Waals surface area contributed by atoms with Gasteiger partial charge < -0.3 is 9.47 Å². The fourth-order valence-electron chi connectivity index (χ4n) is 3.07. The van der Waals surface area contributed by atoms with Crippen molar-refractivity contribution in [3.63, 3.8) is 0 Å². The molecule has 2 heterocycles. The van der Waals surface area contributed by atoms with Crippen molar-refractivity contribution in [1.82, 2.24) is 9.47 Å². The summed E-state index contributed by atoms with van der Waals surface area (Å²) in [5, 5.41) is 0.683. The summed E-state index contributed by atoms with van der Waals surface area (Å²) in [6.07, 6.45) is 3.89. The van der Waals surface area contributed by atoms with Crippen LogP contribution in [0.5, 0.6) is 0 Å². The summed E-state index contributed by atoms with van der Waals surface area (Å²) in [5.74, 6) is 0.845. The number of aromatic nitrogens is 1. The van der Waals surface area contributed by atoms with Gasteiger partial charge in [-0.15, -0.1) is 0 Å². The summed E-state index contributed by atoms with van der Waals surface area (Å²) in [4.78, 5) is 26.4. The first-order valence-electron chi connectivity index (χ1n) is 7.92. The lowest BCUT2D eigenvalue weighted by Gasteiger charge is -2.30. The molecule has 0 saturated carbocycles. The molecular formula is C18H22N2O2. The van der Waals surface area contributed by atoms with Crippen molar-refractivity contribution in [2.24, 2.45) is 5.92 Å². The Morgan fingerprint density at radius 2 is 1.95 bits per heavy atom. The van der Waals surface area contributed by atoms with Gasteiger partial charge in [-0.1, -0.05) is 18.6 Å². The van der Waals surface area contributed by atoms with Crippen LogP contribution in [0.15, 0.2) is 35.3 Å². The molecule has 116 valence electrons. The highest BCUT2D eigenvalue weighted by atomic mass is 16.2. The van der Waals surface area contributed by atoms with Gasteiger partial charge in [-0.2, -0.15) is 0 Å². The quantitative estimate of drug-likeness (QED) is 0.855. The second-order valence-electron chi connectivity index (χ2n) is 6.39. The van der Waals surface area contributed by atoms with Crippen LogP contribution in [0.4, 0.5) is 0 Å².